The molecular weight excluding hydrogens is 558 g/mol. The molecule has 1 aliphatic heterocycles. The van der Waals surface area contributed by atoms with Crippen LogP contribution in [0.25, 0.3) is 11.1 Å². The Balaban J connectivity index is 1.80. The van der Waals surface area contributed by atoms with E-state index in [0.29, 0.717) is 16.8 Å². The van der Waals surface area contributed by atoms with Gasteiger partial charge in [-0.25, -0.2) is 14.5 Å². The van der Waals surface area contributed by atoms with Crippen molar-refractivity contribution < 1.29 is 23.9 Å². The van der Waals surface area contributed by atoms with E-state index in [1.807, 2.05) is 45.3 Å². The van der Waals surface area contributed by atoms with Gasteiger partial charge in [-0.2, -0.15) is 0 Å². The molecule has 8 nitrogen and oxygen atoms in total. The molecule has 10 heteroatoms. The van der Waals surface area contributed by atoms with Crippen LogP contribution in [0.3, 0.4) is 0 Å². The monoisotopic (exact) mass is 583 g/mol. The number of carbonyl (C=O) groups excluding carboxylic acids is 4. The Morgan fingerprint density at radius 3 is 2.46 bits per heavy atom. The summed E-state index contributed by atoms with van der Waals surface area (Å²) in [5.74, 6) is -1.87. The predicted octanol–water partition coefficient (Wildman–Crippen LogP) is 5.69. The maximum absolute atomic E-state index is 13.4. The number of benzene rings is 1. The maximum Gasteiger partial charge on any atom is 0.341 e. The van der Waals surface area contributed by atoms with Gasteiger partial charge in [0, 0.05) is 20.7 Å². The quantitative estimate of drug-likeness (QED) is 0.236. The van der Waals surface area contributed by atoms with Crippen LogP contribution in [0.1, 0.15) is 50.2 Å². The number of hydrogen-bond acceptors (Lipinski definition) is 6. The number of nitrogens with zero attached hydrogens (tertiary/aromatic N) is 2. The normalized spacial score (nSPS) is 14.9. The first-order valence-electron chi connectivity index (χ1n) is 11.6. The van der Waals surface area contributed by atoms with E-state index in [9.17, 15) is 19.2 Å². The number of barbiturate groups is 1. The fraction of sp³-hybridized carbons (Fsp3) is 0.259. The third kappa shape index (κ3) is 4.67. The molecule has 0 unspecified atom stereocenters. The summed E-state index contributed by atoms with van der Waals surface area (Å²) < 4.78 is 8.07. The predicted molar refractivity (Wildman–Crippen MR) is 146 cm³/mol. The smallest absolute Gasteiger partial charge is 0.341 e. The van der Waals surface area contributed by atoms with E-state index < -0.39 is 23.8 Å². The second kappa shape index (κ2) is 10.1. The summed E-state index contributed by atoms with van der Waals surface area (Å²) in [7, 11) is 0. The lowest BCUT2D eigenvalue weighted by Gasteiger charge is -2.26. The molecule has 37 heavy (non-hydrogen) atoms. The molecule has 1 saturated heterocycles. The van der Waals surface area contributed by atoms with Crippen LogP contribution in [-0.4, -0.2) is 35.0 Å². The molecule has 0 radical (unpaired) electrons. The second-order valence-electron chi connectivity index (χ2n) is 8.74. The molecule has 3 aromatic rings. The lowest BCUT2D eigenvalue weighted by Crippen LogP contribution is -2.54. The maximum atomic E-state index is 13.4. The van der Waals surface area contributed by atoms with Crippen molar-refractivity contribution in [3.8, 4) is 5.00 Å². The van der Waals surface area contributed by atoms with Gasteiger partial charge >= 0.3 is 12.0 Å². The summed E-state index contributed by atoms with van der Waals surface area (Å²) in [6, 6.07) is 6.10. The van der Waals surface area contributed by atoms with Crippen LogP contribution in [0.5, 0.6) is 0 Å². The van der Waals surface area contributed by atoms with Crippen molar-refractivity contribution in [1.82, 2.24) is 9.88 Å². The van der Waals surface area contributed by atoms with E-state index in [0.717, 1.165) is 41.8 Å². The summed E-state index contributed by atoms with van der Waals surface area (Å²) in [5.41, 5.74) is 4.56. The van der Waals surface area contributed by atoms with E-state index in [4.69, 9.17) is 4.74 Å². The van der Waals surface area contributed by atoms with Crippen LogP contribution in [-0.2, 0) is 14.3 Å². The van der Waals surface area contributed by atoms with Gasteiger partial charge in [-0.05, 0) is 88.6 Å². The fourth-order valence-electron chi connectivity index (χ4n) is 4.27. The minimum absolute atomic E-state index is 0.162. The number of halogens is 1. The van der Waals surface area contributed by atoms with Crippen LogP contribution < -0.4 is 10.2 Å². The number of urea groups is 1. The standard InChI is InChI=1S/C27H26BrN3O5S/c1-7-36-26(34)22-15(4)17(6)37-25(22)30-14(3)11-18(16(30)5)12-20-23(32)29-27(35)31(24(20)33)19-8-9-21(28)13(2)10-19/h8-12H,7H2,1-6H3,(H,29,32,35)/b20-12+. The number of ether oxygens (including phenoxy) is 1. The summed E-state index contributed by atoms with van der Waals surface area (Å²) in [5, 5.41) is 2.98. The molecule has 0 bridgehead atoms. The van der Waals surface area contributed by atoms with E-state index >= 15 is 0 Å². The first-order chi connectivity index (χ1) is 17.5. The minimum atomic E-state index is -0.803. The van der Waals surface area contributed by atoms with E-state index in [1.165, 1.54) is 17.4 Å². The third-order valence-corrected chi connectivity index (χ3v) is 8.40. The Bertz CT molecular complexity index is 1510. The largest absolute Gasteiger partial charge is 0.462 e. The van der Waals surface area contributed by atoms with E-state index in [1.54, 1.807) is 25.1 Å². The molecule has 0 aliphatic carbocycles. The number of nitrogens with one attached hydrogen (secondary N) is 1. The number of aromatic nitrogens is 1. The Kier molecular flexibility index (Phi) is 7.25. The highest BCUT2D eigenvalue weighted by Gasteiger charge is 2.37. The van der Waals surface area contributed by atoms with Gasteiger partial charge in [0.1, 0.15) is 10.6 Å². The second-order valence-corrected chi connectivity index (χ2v) is 10.8. The zero-order valence-electron chi connectivity index (χ0n) is 21.3. The van der Waals surface area contributed by atoms with Crippen molar-refractivity contribution in [3.63, 3.8) is 0 Å². The van der Waals surface area contributed by atoms with E-state index in [-0.39, 0.29) is 12.2 Å². The minimum Gasteiger partial charge on any atom is -0.462 e. The zero-order chi connectivity index (χ0) is 27.2. The van der Waals surface area contributed by atoms with Gasteiger partial charge in [-0.1, -0.05) is 15.9 Å². The van der Waals surface area contributed by atoms with Crippen molar-refractivity contribution >= 4 is 62.8 Å². The number of imide groups is 2. The number of rotatable bonds is 5. The molecule has 3 heterocycles. The topological polar surface area (TPSA) is 97.7 Å². The Labute approximate surface area is 227 Å². The van der Waals surface area contributed by atoms with Crippen molar-refractivity contribution in [3.05, 3.63) is 72.8 Å². The van der Waals surface area contributed by atoms with Crippen LogP contribution in [0.2, 0.25) is 0 Å². The summed E-state index contributed by atoms with van der Waals surface area (Å²) in [6.45, 7) is 11.4. The fourth-order valence-corrected chi connectivity index (χ4v) is 5.77. The van der Waals surface area contributed by atoms with Gasteiger partial charge in [0.2, 0.25) is 0 Å². The lowest BCUT2D eigenvalue weighted by molar-refractivity contribution is -0.122. The molecule has 0 spiro atoms. The van der Waals surface area contributed by atoms with Crippen LogP contribution in [0.15, 0.2) is 34.3 Å². The Hall–Kier alpha value is -3.50. The van der Waals surface area contributed by atoms with Gasteiger partial charge in [0.25, 0.3) is 11.8 Å². The van der Waals surface area contributed by atoms with Crippen molar-refractivity contribution in [2.45, 2.75) is 41.5 Å². The zero-order valence-corrected chi connectivity index (χ0v) is 23.7. The molecule has 2 aromatic heterocycles. The number of carbonyl (C=O) groups is 4. The molecule has 0 atom stereocenters. The third-order valence-electron chi connectivity index (χ3n) is 6.32. The van der Waals surface area contributed by atoms with Crippen LogP contribution in [0.4, 0.5) is 10.5 Å². The molecule has 1 aliphatic rings. The molecular formula is C27H26BrN3O5S. The number of anilines is 1. The summed E-state index contributed by atoms with van der Waals surface area (Å²) >= 11 is 4.89. The number of aryl methyl sites for hydroxylation is 3. The van der Waals surface area contributed by atoms with Crippen molar-refractivity contribution in [1.29, 1.82) is 0 Å². The van der Waals surface area contributed by atoms with Gasteiger partial charge in [0.15, 0.2) is 0 Å². The molecule has 1 fully saturated rings. The summed E-state index contributed by atoms with van der Waals surface area (Å²) in [4.78, 5) is 53.4. The lowest BCUT2D eigenvalue weighted by atomic mass is 10.1. The SMILES string of the molecule is CCOC(=O)c1c(-n2c(C)cc(/C=C3\C(=O)NC(=O)N(c4ccc(Br)c(C)c4)C3=O)c2C)sc(C)c1C. The van der Waals surface area contributed by atoms with Gasteiger partial charge in [0.05, 0.1) is 17.9 Å². The van der Waals surface area contributed by atoms with Crippen LogP contribution >= 0.6 is 27.3 Å². The highest BCUT2D eigenvalue weighted by Crippen LogP contribution is 2.35. The van der Waals surface area contributed by atoms with Crippen molar-refractivity contribution in [2.75, 3.05) is 11.5 Å². The molecule has 192 valence electrons. The molecule has 0 saturated carbocycles. The highest BCUT2D eigenvalue weighted by atomic mass is 79.9. The molecule has 4 amide bonds. The highest BCUT2D eigenvalue weighted by molar-refractivity contribution is 9.10. The van der Waals surface area contributed by atoms with Gasteiger partial charge < -0.3 is 9.30 Å². The summed E-state index contributed by atoms with van der Waals surface area (Å²) in [6.07, 6.45) is 1.49. The Morgan fingerprint density at radius 2 is 1.81 bits per heavy atom. The molecule has 1 aromatic carbocycles. The first-order valence-corrected chi connectivity index (χ1v) is 13.2. The first kappa shape index (κ1) is 26.6. The van der Waals surface area contributed by atoms with Crippen LogP contribution in [0, 0.1) is 34.6 Å². The average molecular weight is 584 g/mol. The number of amides is 4. The van der Waals surface area contributed by atoms with Gasteiger partial charge in [-0.3, -0.25) is 14.9 Å². The Morgan fingerprint density at radius 1 is 1.11 bits per heavy atom. The number of esters is 1. The van der Waals surface area contributed by atoms with Gasteiger partial charge in [-0.15, -0.1) is 11.3 Å². The molecule has 1 N–H and O–H groups in total. The van der Waals surface area contributed by atoms with Crippen molar-refractivity contribution in [2.24, 2.45) is 0 Å². The number of hydrogen-bond donors (Lipinski definition) is 1. The van der Waals surface area contributed by atoms with E-state index in [2.05, 4.69) is 21.2 Å². The molecule has 4 rings (SSSR count). The average Bonchev–Trinajstić information content (AvgIpc) is 3.27. The number of thiophene rings is 1.